The minimum Gasteiger partial charge on any atom is -0.493 e. The first-order chi connectivity index (χ1) is 14.8. The Bertz CT molecular complexity index is 829. The van der Waals surface area contributed by atoms with Gasteiger partial charge in [0.1, 0.15) is 0 Å². The third-order valence-electron chi connectivity index (χ3n) is 4.39. The van der Waals surface area contributed by atoms with Crippen LogP contribution in [-0.2, 0) is 9.59 Å². The molecule has 0 fully saturated rings. The van der Waals surface area contributed by atoms with E-state index in [0.29, 0.717) is 6.04 Å². The highest BCUT2D eigenvalue weighted by molar-refractivity contribution is 6.27. The summed E-state index contributed by atoms with van der Waals surface area (Å²) in [5, 5.41) is 22.7. The van der Waals surface area contributed by atoms with Crippen LogP contribution in [0.4, 0.5) is 5.69 Å². The number of carboxylic acid groups (broad SMARTS) is 2. The summed E-state index contributed by atoms with van der Waals surface area (Å²) < 4.78 is 11.0. The zero-order chi connectivity index (χ0) is 23.2. The number of aromatic nitrogens is 1. The number of carbonyl (C=O) groups is 2. The zero-order valence-corrected chi connectivity index (χ0v) is 18.6. The van der Waals surface area contributed by atoms with Crippen LogP contribution in [0.3, 0.4) is 0 Å². The molecule has 1 aromatic heterocycles. The molecule has 9 nitrogen and oxygen atoms in total. The van der Waals surface area contributed by atoms with Crippen molar-refractivity contribution in [2.24, 2.45) is 0 Å². The SMILES string of the molecule is COc1cc(NCCCCCCNC(C)C)c2ncccc2c1OC.O=C(O)C(=O)O. The van der Waals surface area contributed by atoms with Gasteiger partial charge < -0.3 is 30.3 Å². The van der Waals surface area contributed by atoms with Crippen LogP contribution >= 0.6 is 0 Å². The molecule has 0 bridgehead atoms. The number of nitrogens with one attached hydrogen (secondary N) is 2. The number of nitrogens with zero attached hydrogens (tertiary/aromatic N) is 1. The van der Waals surface area contributed by atoms with Gasteiger partial charge in [-0.3, -0.25) is 4.98 Å². The molecule has 1 heterocycles. The van der Waals surface area contributed by atoms with Crippen molar-refractivity contribution in [1.82, 2.24) is 10.3 Å². The molecule has 0 aliphatic carbocycles. The normalized spacial score (nSPS) is 10.4. The highest BCUT2D eigenvalue weighted by Gasteiger charge is 2.13. The Morgan fingerprint density at radius 3 is 2.23 bits per heavy atom. The fraction of sp³-hybridized carbons (Fsp3) is 0.500. The molecular formula is C22H33N3O6. The molecule has 0 amide bonds. The van der Waals surface area contributed by atoms with Crippen molar-refractivity contribution in [1.29, 1.82) is 0 Å². The molecule has 0 radical (unpaired) electrons. The Labute approximate surface area is 182 Å². The van der Waals surface area contributed by atoms with Crippen LogP contribution in [-0.4, -0.2) is 60.5 Å². The van der Waals surface area contributed by atoms with Gasteiger partial charge in [-0.15, -0.1) is 0 Å². The Morgan fingerprint density at radius 1 is 1.03 bits per heavy atom. The summed E-state index contributed by atoms with van der Waals surface area (Å²) in [5.74, 6) is -2.19. The van der Waals surface area contributed by atoms with Crippen molar-refractivity contribution < 1.29 is 29.3 Å². The zero-order valence-electron chi connectivity index (χ0n) is 18.6. The molecule has 1 aromatic carbocycles. The van der Waals surface area contributed by atoms with Gasteiger partial charge in [0.2, 0.25) is 0 Å². The molecule has 2 rings (SSSR count). The maximum Gasteiger partial charge on any atom is 0.414 e. The minimum absolute atomic E-state index is 0.576. The largest absolute Gasteiger partial charge is 0.493 e. The molecule has 0 aliphatic rings. The van der Waals surface area contributed by atoms with Crippen molar-refractivity contribution in [2.75, 3.05) is 32.6 Å². The van der Waals surface area contributed by atoms with E-state index in [1.807, 2.05) is 18.2 Å². The van der Waals surface area contributed by atoms with E-state index in [-0.39, 0.29) is 0 Å². The van der Waals surface area contributed by atoms with Gasteiger partial charge >= 0.3 is 11.9 Å². The Kier molecular flexibility index (Phi) is 11.7. The fourth-order valence-electron chi connectivity index (χ4n) is 2.92. The van der Waals surface area contributed by atoms with Crippen LogP contribution in [0.1, 0.15) is 39.5 Å². The maximum atomic E-state index is 9.10. The molecular weight excluding hydrogens is 402 g/mol. The van der Waals surface area contributed by atoms with Gasteiger partial charge in [-0.25, -0.2) is 9.59 Å². The molecule has 9 heteroatoms. The predicted molar refractivity (Wildman–Crippen MR) is 120 cm³/mol. The number of rotatable bonds is 11. The van der Waals surface area contributed by atoms with E-state index in [2.05, 4.69) is 29.5 Å². The van der Waals surface area contributed by atoms with Crippen molar-refractivity contribution in [2.45, 2.75) is 45.6 Å². The van der Waals surface area contributed by atoms with Gasteiger partial charge in [-0.2, -0.15) is 0 Å². The smallest absolute Gasteiger partial charge is 0.414 e. The molecule has 31 heavy (non-hydrogen) atoms. The molecule has 0 saturated carbocycles. The summed E-state index contributed by atoms with van der Waals surface area (Å²) in [6, 6.07) is 6.48. The predicted octanol–water partition coefficient (Wildman–Crippen LogP) is 3.38. The second-order valence-corrected chi connectivity index (χ2v) is 7.12. The molecule has 172 valence electrons. The molecule has 0 saturated heterocycles. The fourth-order valence-corrected chi connectivity index (χ4v) is 2.92. The van der Waals surface area contributed by atoms with Gasteiger partial charge in [0, 0.05) is 30.2 Å². The lowest BCUT2D eigenvalue weighted by Crippen LogP contribution is -2.23. The third-order valence-corrected chi connectivity index (χ3v) is 4.39. The van der Waals surface area contributed by atoms with Crippen LogP contribution < -0.4 is 20.1 Å². The van der Waals surface area contributed by atoms with Crippen LogP contribution in [0.15, 0.2) is 24.4 Å². The van der Waals surface area contributed by atoms with Gasteiger partial charge in [-0.1, -0.05) is 26.7 Å². The van der Waals surface area contributed by atoms with Crippen LogP contribution in [0.25, 0.3) is 10.9 Å². The van der Waals surface area contributed by atoms with E-state index in [4.69, 9.17) is 29.3 Å². The number of hydrogen-bond acceptors (Lipinski definition) is 7. The van der Waals surface area contributed by atoms with Crippen molar-refractivity contribution in [3.8, 4) is 11.5 Å². The lowest BCUT2D eigenvalue weighted by Gasteiger charge is -2.15. The summed E-state index contributed by atoms with van der Waals surface area (Å²) in [4.78, 5) is 22.7. The quantitative estimate of drug-likeness (QED) is 0.310. The van der Waals surface area contributed by atoms with Gasteiger partial charge in [0.15, 0.2) is 11.5 Å². The number of anilines is 1. The lowest BCUT2D eigenvalue weighted by molar-refractivity contribution is -0.159. The van der Waals surface area contributed by atoms with Crippen LogP contribution in [0.5, 0.6) is 11.5 Å². The first-order valence-corrected chi connectivity index (χ1v) is 10.2. The van der Waals surface area contributed by atoms with E-state index >= 15 is 0 Å². The van der Waals surface area contributed by atoms with Crippen LogP contribution in [0, 0.1) is 0 Å². The summed E-state index contributed by atoms with van der Waals surface area (Å²) in [7, 11) is 3.32. The van der Waals surface area contributed by atoms with Crippen LogP contribution in [0.2, 0.25) is 0 Å². The van der Waals surface area contributed by atoms with Gasteiger partial charge in [0.05, 0.1) is 25.4 Å². The molecule has 0 unspecified atom stereocenters. The van der Waals surface area contributed by atoms with E-state index < -0.39 is 11.9 Å². The number of unbranched alkanes of at least 4 members (excludes halogenated alkanes) is 3. The Morgan fingerprint density at radius 2 is 1.68 bits per heavy atom. The molecule has 0 aliphatic heterocycles. The first-order valence-electron chi connectivity index (χ1n) is 10.2. The Balaban J connectivity index is 0.000000703. The molecule has 0 atom stereocenters. The first kappa shape index (κ1) is 26.0. The molecule has 2 aromatic rings. The van der Waals surface area contributed by atoms with Crippen molar-refractivity contribution in [3.63, 3.8) is 0 Å². The van der Waals surface area contributed by atoms with Crippen molar-refractivity contribution in [3.05, 3.63) is 24.4 Å². The van der Waals surface area contributed by atoms with E-state index in [9.17, 15) is 0 Å². The number of aliphatic carboxylic acids is 2. The van der Waals surface area contributed by atoms with Crippen molar-refractivity contribution >= 4 is 28.5 Å². The van der Waals surface area contributed by atoms with Gasteiger partial charge in [0.25, 0.3) is 0 Å². The maximum absolute atomic E-state index is 9.10. The number of methoxy groups -OCH3 is 2. The highest BCUT2D eigenvalue weighted by Crippen LogP contribution is 2.39. The summed E-state index contributed by atoms with van der Waals surface area (Å²) >= 11 is 0. The van der Waals surface area contributed by atoms with E-state index in [1.165, 1.54) is 19.3 Å². The highest BCUT2D eigenvalue weighted by atomic mass is 16.5. The minimum atomic E-state index is -1.82. The van der Waals surface area contributed by atoms with E-state index in [0.717, 1.165) is 47.6 Å². The standard InChI is InChI=1S/C20H31N3O2.C2H2O4/c1-15(2)21-11-7-5-6-8-12-22-17-14-18(24-3)20(25-4)16-10-9-13-23-19(16)17;3-1(4)2(5)6/h9-10,13-15,21-22H,5-8,11-12H2,1-4H3;(H,3,4)(H,5,6). The monoisotopic (exact) mass is 435 g/mol. The van der Waals surface area contributed by atoms with E-state index in [1.54, 1.807) is 20.4 Å². The number of fused-ring (bicyclic) bond motifs is 1. The average molecular weight is 436 g/mol. The Hall–Kier alpha value is -3.07. The summed E-state index contributed by atoms with van der Waals surface area (Å²) in [6.45, 7) is 6.41. The molecule has 0 spiro atoms. The summed E-state index contributed by atoms with van der Waals surface area (Å²) in [5.41, 5.74) is 1.91. The third kappa shape index (κ3) is 9.08. The molecule has 4 N–H and O–H groups in total. The number of ether oxygens (including phenoxy) is 2. The second kappa shape index (κ2) is 14.0. The number of carboxylic acids is 2. The summed E-state index contributed by atoms with van der Waals surface area (Å²) in [6.07, 6.45) is 6.67. The number of pyridine rings is 1. The number of benzene rings is 1. The second-order valence-electron chi connectivity index (χ2n) is 7.12. The lowest BCUT2D eigenvalue weighted by atomic mass is 10.1. The topological polar surface area (TPSA) is 130 Å². The average Bonchev–Trinajstić information content (AvgIpc) is 2.75. The van der Waals surface area contributed by atoms with Gasteiger partial charge in [-0.05, 0) is 31.5 Å². The number of hydrogen-bond donors (Lipinski definition) is 4.